The van der Waals surface area contributed by atoms with Crippen molar-refractivity contribution in [1.82, 2.24) is 9.78 Å². The smallest absolute Gasteiger partial charge is 0.269 e. The van der Waals surface area contributed by atoms with E-state index < -0.39 is 10.8 Å². The summed E-state index contributed by atoms with van der Waals surface area (Å²) in [6.07, 6.45) is 1.36. The van der Waals surface area contributed by atoms with Crippen LogP contribution in [-0.4, -0.2) is 20.6 Å². The first kappa shape index (κ1) is 12.6. The Kier molecular flexibility index (Phi) is 3.15. The van der Waals surface area contributed by atoms with E-state index in [0.717, 1.165) is 0 Å². The molecule has 0 aliphatic carbocycles. The molecular formula is C11H11N5O3. The van der Waals surface area contributed by atoms with Crippen LogP contribution in [0.3, 0.4) is 0 Å². The number of benzene rings is 1. The van der Waals surface area contributed by atoms with Crippen LogP contribution < -0.4 is 11.1 Å². The topological polar surface area (TPSA) is 116 Å². The van der Waals surface area contributed by atoms with E-state index in [0.29, 0.717) is 5.69 Å². The lowest BCUT2D eigenvalue weighted by atomic mass is 10.2. The number of carbonyl (C=O) groups excluding carboxylic acids is 1. The maximum absolute atomic E-state index is 11.9. The number of carbonyl (C=O) groups is 1. The van der Waals surface area contributed by atoms with Gasteiger partial charge in [0, 0.05) is 24.9 Å². The number of amides is 1. The van der Waals surface area contributed by atoms with E-state index >= 15 is 0 Å². The molecule has 1 aromatic carbocycles. The molecule has 19 heavy (non-hydrogen) atoms. The van der Waals surface area contributed by atoms with Crippen LogP contribution in [0.15, 0.2) is 30.5 Å². The second-order valence-electron chi connectivity index (χ2n) is 3.83. The van der Waals surface area contributed by atoms with Gasteiger partial charge in [0.05, 0.1) is 11.1 Å². The van der Waals surface area contributed by atoms with Gasteiger partial charge in [0.15, 0.2) is 0 Å². The highest BCUT2D eigenvalue weighted by Crippen LogP contribution is 2.17. The molecule has 0 atom stereocenters. The third-order valence-electron chi connectivity index (χ3n) is 2.57. The first-order chi connectivity index (χ1) is 8.99. The maximum Gasteiger partial charge on any atom is 0.269 e. The van der Waals surface area contributed by atoms with Crippen LogP contribution in [-0.2, 0) is 7.05 Å². The summed E-state index contributed by atoms with van der Waals surface area (Å²) in [5, 5.41) is 16.9. The first-order valence-corrected chi connectivity index (χ1v) is 5.32. The number of hydrogen-bond acceptors (Lipinski definition) is 5. The van der Waals surface area contributed by atoms with Crippen LogP contribution in [0.5, 0.6) is 0 Å². The van der Waals surface area contributed by atoms with Crippen LogP contribution in [0, 0.1) is 10.1 Å². The molecule has 0 saturated heterocycles. The highest BCUT2D eigenvalue weighted by molar-refractivity contribution is 6.07. The van der Waals surface area contributed by atoms with Crippen molar-refractivity contribution in [3.05, 3.63) is 46.1 Å². The molecule has 98 valence electrons. The van der Waals surface area contributed by atoms with Gasteiger partial charge >= 0.3 is 0 Å². The van der Waals surface area contributed by atoms with Gasteiger partial charge in [0.1, 0.15) is 11.4 Å². The highest BCUT2D eigenvalue weighted by atomic mass is 16.6. The highest BCUT2D eigenvalue weighted by Gasteiger charge is 2.14. The van der Waals surface area contributed by atoms with E-state index in [-0.39, 0.29) is 17.1 Å². The minimum absolute atomic E-state index is 0.0427. The zero-order valence-electron chi connectivity index (χ0n) is 10.0. The molecule has 8 heteroatoms. The third kappa shape index (κ3) is 2.51. The van der Waals surface area contributed by atoms with Gasteiger partial charge in [-0.25, -0.2) is 0 Å². The molecule has 0 spiro atoms. The first-order valence-electron chi connectivity index (χ1n) is 5.32. The summed E-state index contributed by atoms with van der Waals surface area (Å²) in [5.74, 6) is -0.168. The van der Waals surface area contributed by atoms with Gasteiger partial charge in [-0.15, -0.1) is 0 Å². The van der Waals surface area contributed by atoms with E-state index in [1.807, 2.05) is 0 Å². The number of rotatable bonds is 3. The molecule has 0 aliphatic heterocycles. The third-order valence-corrected chi connectivity index (χ3v) is 2.57. The lowest BCUT2D eigenvalue weighted by molar-refractivity contribution is -0.384. The molecule has 2 rings (SSSR count). The largest absolute Gasteiger partial charge is 0.383 e. The van der Waals surface area contributed by atoms with Gasteiger partial charge in [0.25, 0.3) is 11.6 Å². The van der Waals surface area contributed by atoms with Crippen LogP contribution in [0.1, 0.15) is 10.4 Å². The van der Waals surface area contributed by atoms with Gasteiger partial charge in [-0.2, -0.15) is 5.10 Å². The Morgan fingerprint density at radius 1 is 1.42 bits per heavy atom. The Morgan fingerprint density at radius 2 is 2.05 bits per heavy atom. The van der Waals surface area contributed by atoms with Crippen LogP contribution in [0.25, 0.3) is 0 Å². The second kappa shape index (κ2) is 4.77. The van der Waals surface area contributed by atoms with Gasteiger partial charge in [-0.1, -0.05) is 0 Å². The lowest BCUT2D eigenvalue weighted by Crippen LogP contribution is -2.13. The van der Waals surface area contributed by atoms with Crippen molar-refractivity contribution in [2.24, 2.45) is 7.05 Å². The molecule has 0 radical (unpaired) electrons. The summed E-state index contributed by atoms with van der Waals surface area (Å²) in [6, 6.07) is 5.51. The molecule has 2 aromatic rings. The van der Waals surface area contributed by atoms with Crippen molar-refractivity contribution in [3.63, 3.8) is 0 Å². The summed E-state index contributed by atoms with van der Waals surface area (Å²) in [7, 11) is 1.62. The molecule has 0 unspecified atom stereocenters. The summed E-state index contributed by atoms with van der Waals surface area (Å²) in [5.41, 5.74) is 6.32. The molecule has 1 amide bonds. The molecule has 0 bridgehead atoms. The van der Waals surface area contributed by atoms with E-state index in [2.05, 4.69) is 10.4 Å². The second-order valence-corrected chi connectivity index (χ2v) is 3.83. The molecule has 0 saturated carbocycles. The number of nitro benzene ring substituents is 1. The number of hydrogen-bond donors (Lipinski definition) is 2. The lowest BCUT2D eigenvalue weighted by Gasteiger charge is -2.04. The fraction of sp³-hybridized carbons (Fsp3) is 0.0909. The average Bonchev–Trinajstić information content (AvgIpc) is 2.70. The van der Waals surface area contributed by atoms with Crippen LogP contribution in [0.2, 0.25) is 0 Å². The van der Waals surface area contributed by atoms with Crippen LogP contribution in [0.4, 0.5) is 17.2 Å². The zero-order valence-corrected chi connectivity index (χ0v) is 10.0. The number of aromatic nitrogens is 2. The zero-order chi connectivity index (χ0) is 14.0. The van der Waals surface area contributed by atoms with Crippen molar-refractivity contribution < 1.29 is 9.72 Å². The van der Waals surface area contributed by atoms with Crippen molar-refractivity contribution in [3.8, 4) is 0 Å². The summed E-state index contributed by atoms with van der Waals surface area (Å²) in [4.78, 5) is 21.9. The number of non-ortho nitro benzene ring substituents is 1. The fourth-order valence-corrected chi connectivity index (χ4v) is 1.49. The normalized spacial score (nSPS) is 10.2. The molecule has 0 fully saturated rings. The quantitative estimate of drug-likeness (QED) is 0.635. The Bertz CT molecular complexity index is 632. The summed E-state index contributed by atoms with van der Waals surface area (Å²) in [6.45, 7) is 0. The Morgan fingerprint density at radius 3 is 2.53 bits per heavy atom. The monoisotopic (exact) mass is 261 g/mol. The number of nitrogens with zero attached hydrogens (tertiary/aromatic N) is 3. The van der Waals surface area contributed by atoms with E-state index in [9.17, 15) is 14.9 Å². The summed E-state index contributed by atoms with van der Waals surface area (Å²) < 4.78 is 1.38. The number of nitrogens with two attached hydrogens (primary N) is 1. The van der Waals surface area contributed by atoms with Crippen LogP contribution >= 0.6 is 0 Å². The standard InChI is InChI=1S/C11H11N5O3/c1-15-10(12)9(6-13-15)11(17)14-7-2-4-8(5-3-7)16(18)19/h2-6H,12H2,1H3,(H,14,17). The Balaban J connectivity index is 2.15. The Hall–Kier alpha value is -2.90. The maximum atomic E-state index is 11.9. The number of aryl methyl sites for hydroxylation is 1. The molecule has 1 aromatic heterocycles. The SMILES string of the molecule is Cn1ncc(C(=O)Nc2ccc([N+](=O)[O-])cc2)c1N. The molecule has 3 N–H and O–H groups in total. The predicted molar refractivity (Wildman–Crippen MR) is 68.7 cm³/mol. The van der Waals surface area contributed by atoms with Crippen molar-refractivity contribution in [1.29, 1.82) is 0 Å². The van der Waals surface area contributed by atoms with Gasteiger partial charge in [-0.05, 0) is 12.1 Å². The minimum atomic E-state index is -0.509. The van der Waals surface area contributed by atoms with Crippen molar-refractivity contribution in [2.45, 2.75) is 0 Å². The minimum Gasteiger partial charge on any atom is -0.383 e. The molecule has 0 aliphatic rings. The summed E-state index contributed by atoms with van der Waals surface area (Å²) >= 11 is 0. The van der Waals surface area contributed by atoms with E-state index in [4.69, 9.17) is 5.73 Å². The van der Waals surface area contributed by atoms with Crippen molar-refractivity contribution in [2.75, 3.05) is 11.1 Å². The predicted octanol–water partition coefficient (Wildman–Crippen LogP) is 1.16. The molecule has 8 nitrogen and oxygen atoms in total. The van der Waals surface area contributed by atoms with Gasteiger partial charge in [0.2, 0.25) is 0 Å². The number of nitro groups is 1. The van der Waals surface area contributed by atoms with Gasteiger partial charge in [-0.3, -0.25) is 19.6 Å². The van der Waals surface area contributed by atoms with Gasteiger partial charge < -0.3 is 11.1 Å². The van der Waals surface area contributed by atoms with E-state index in [1.165, 1.54) is 35.1 Å². The van der Waals surface area contributed by atoms with E-state index in [1.54, 1.807) is 7.05 Å². The number of nitrogens with one attached hydrogen (secondary N) is 1. The average molecular weight is 261 g/mol. The fourth-order valence-electron chi connectivity index (χ4n) is 1.49. The number of nitrogen functional groups attached to an aromatic ring is 1. The Labute approximate surface area is 108 Å². The number of anilines is 2. The van der Waals surface area contributed by atoms with Crippen molar-refractivity contribution >= 4 is 23.1 Å². The molecule has 1 heterocycles. The molecular weight excluding hydrogens is 250 g/mol.